The fourth-order valence-electron chi connectivity index (χ4n) is 5.11. The van der Waals surface area contributed by atoms with Crippen LogP contribution in [0.2, 0.25) is 0 Å². The lowest BCUT2D eigenvalue weighted by molar-refractivity contribution is 0.0805. The summed E-state index contributed by atoms with van der Waals surface area (Å²) in [5, 5.41) is 1.35. The molecule has 1 aliphatic rings. The number of H-pyrrole nitrogens is 2. The first-order valence-electron chi connectivity index (χ1n) is 11.0. The zero-order chi connectivity index (χ0) is 24.3. The molecule has 2 N–H and O–H groups in total. The largest absolute Gasteiger partial charge is 0.351 e. The van der Waals surface area contributed by atoms with Gasteiger partial charge in [0.2, 0.25) is 0 Å². The summed E-state index contributed by atoms with van der Waals surface area (Å²) >= 11 is 0. The third-order valence-electron chi connectivity index (χ3n) is 6.77. The highest BCUT2D eigenvalue weighted by molar-refractivity contribution is 6.22. The van der Waals surface area contributed by atoms with Crippen LogP contribution in [0.5, 0.6) is 0 Å². The molecule has 2 unspecified atom stereocenters. The van der Waals surface area contributed by atoms with Crippen LogP contribution in [0.25, 0.3) is 45.0 Å². The molecular weight excluding hydrogens is 428 g/mol. The Morgan fingerprint density at radius 2 is 1.29 bits per heavy atom. The number of benzene rings is 3. The van der Waals surface area contributed by atoms with Gasteiger partial charge < -0.3 is 9.97 Å². The second kappa shape index (κ2) is 7.63. The summed E-state index contributed by atoms with van der Waals surface area (Å²) in [5.74, 6) is -1.77. The highest BCUT2D eigenvalue weighted by Gasteiger charge is 2.39. The number of Topliss-reactive ketones (excluding diaryl/α,β-unsaturated/α-hetero) is 2. The summed E-state index contributed by atoms with van der Waals surface area (Å²) in [6.07, 6.45) is 6.27. The van der Waals surface area contributed by atoms with Crippen LogP contribution in [0.1, 0.15) is 34.6 Å². The number of nitrogens with one attached hydrogen (secondary N) is 2. The normalized spacial score (nSPS) is 19.2. The standard InChI is InChI=1S/C28H22N2O4/c1-5-13-15(7-3)27(33)21-17(25(13)31)9-11-19-23(21)29-20-12-10-18-22(24(20)30-19)28(34)16(8-4)14(6-2)26(18)32/h5-13,15,29-30H,1,3H2,2,4H3/b14-6+,16-8+. The number of allylic oxidation sites excluding steroid dienone is 2. The third-order valence-corrected chi connectivity index (χ3v) is 6.77. The van der Waals surface area contributed by atoms with E-state index < -0.39 is 11.8 Å². The lowest BCUT2D eigenvalue weighted by atomic mass is 9.73. The SMILES string of the molecule is C=CC1C(=O)c2ccc3[nH]c4c(ccc5c(=O)c(=C/C)/c(=C\C)c(=O)c54)[nH]c3c2C(=O)C1C=C. The predicted octanol–water partition coefficient (Wildman–Crippen LogP) is 3.11. The molecule has 6 heteroatoms. The molecule has 0 saturated heterocycles. The highest BCUT2D eigenvalue weighted by atomic mass is 16.1. The first-order valence-corrected chi connectivity index (χ1v) is 11.0. The van der Waals surface area contributed by atoms with Gasteiger partial charge in [-0.05, 0) is 38.1 Å². The van der Waals surface area contributed by atoms with Crippen molar-refractivity contribution >= 4 is 56.6 Å². The summed E-state index contributed by atoms with van der Waals surface area (Å²) in [6, 6.07) is 6.63. The van der Waals surface area contributed by atoms with Crippen LogP contribution in [-0.4, -0.2) is 21.5 Å². The third kappa shape index (κ3) is 2.68. The fourth-order valence-corrected chi connectivity index (χ4v) is 5.11. The van der Waals surface area contributed by atoms with Crippen LogP contribution in [-0.2, 0) is 0 Å². The predicted molar refractivity (Wildman–Crippen MR) is 136 cm³/mol. The maximum atomic E-state index is 13.4. The molecule has 6 nitrogen and oxygen atoms in total. The molecule has 3 aromatic carbocycles. The second-order valence-electron chi connectivity index (χ2n) is 8.39. The van der Waals surface area contributed by atoms with Gasteiger partial charge in [-0.25, -0.2) is 0 Å². The van der Waals surface area contributed by atoms with Gasteiger partial charge in [0.25, 0.3) is 0 Å². The Morgan fingerprint density at radius 3 is 1.94 bits per heavy atom. The Bertz CT molecular complexity index is 1850. The summed E-state index contributed by atoms with van der Waals surface area (Å²) in [6.45, 7) is 10.9. The van der Waals surface area contributed by atoms with Crippen molar-refractivity contribution in [2.24, 2.45) is 11.8 Å². The Labute approximate surface area is 193 Å². The molecule has 2 atom stereocenters. The van der Waals surface area contributed by atoms with Crippen molar-refractivity contribution in [3.8, 4) is 0 Å². The molecule has 168 valence electrons. The minimum absolute atomic E-state index is 0.187. The zero-order valence-corrected chi connectivity index (χ0v) is 18.8. The molecule has 0 radical (unpaired) electrons. The minimum atomic E-state index is -0.702. The van der Waals surface area contributed by atoms with E-state index in [0.717, 1.165) is 0 Å². The van der Waals surface area contributed by atoms with Gasteiger partial charge in [0.15, 0.2) is 22.4 Å². The maximum absolute atomic E-state index is 13.4. The Kier molecular flexibility index (Phi) is 4.83. The van der Waals surface area contributed by atoms with Gasteiger partial charge >= 0.3 is 0 Å². The molecule has 1 heterocycles. The van der Waals surface area contributed by atoms with Crippen molar-refractivity contribution in [3.63, 3.8) is 0 Å². The molecular formula is C28H22N2O4. The fraction of sp³-hybridized carbons (Fsp3) is 0.143. The van der Waals surface area contributed by atoms with Gasteiger partial charge in [-0.15, -0.1) is 13.2 Å². The molecule has 1 aromatic heterocycles. The van der Waals surface area contributed by atoms with Crippen molar-refractivity contribution in [1.29, 1.82) is 0 Å². The molecule has 34 heavy (non-hydrogen) atoms. The number of hydrogen-bond donors (Lipinski definition) is 2. The zero-order valence-electron chi connectivity index (χ0n) is 18.8. The van der Waals surface area contributed by atoms with E-state index in [1.54, 1.807) is 50.3 Å². The van der Waals surface area contributed by atoms with Crippen molar-refractivity contribution in [3.05, 3.63) is 91.6 Å². The number of carbonyl (C=O) groups is 2. The highest BCUT2D eigenvalue weighted by Crippen LogP contribution is 2.35. The molecule has 1 aliphatic carbocycles. The van der Waals surface area contributed by atoms with Crippen LogP contribution in [0.15, 0.2) is 59.2 Å². The first-order chi connectivity index (χ1) is 16.4. The van der Waals surface area contributed by atoms with E-state index in [0.29, 0.717) is 43.5 Å². The Balaban J connectivity index is 1.95. The number of carbonyl (C=O) groups excluding carboxylic acids is 2. The average molecular weight is 450 g/mol. The number of fused-ring (bicyclic) bond motifs is 6. The second-order valence-corrected chi connectivity index (χ2v) is 8.39. The van der Waals surface area contributed by atoms with Crippen LogP contribution in [0.4, 0.5) is 0 Å². The van der Waals surface area contributed by atoms with Gasteiger partial charge in [0.1, 0.15) is 0 Å². The smallest absolute Gasteiger partial charge is 0.196 e. The van der Waals surface area contributed by atoms with Crippen molar-refractivity contribution in [2.45, 2.75) is 13.8 Å². The lowest BCUT2D eigenvalue weighted by Gasteiger charge is -2.27. The van der Waals surface area contributed by atoms with E-state index in [4.69, 9.17) is 0 Å². The van der Waals surface area contributed by atoms with Gasteiger partial charge in [0, 0.05) is 21.4 Å². The number of aromatic nitrogens is 2. The number of rotatable bonds is 2. The first kappa shape index (κ1) is 21.5. The van der Waals surface area contributed by atoms with Crippen LogP contribution in [0, 0.1) is 11.8 Å². The molecule has 5 rings (SSSR count). The van der Waals surface area contributed by atoms with E-state index in [9.17, 15) is 19.2 Å². The van der Waals surface area contributed by atoms with Crippen LogP contribution >= 0.6 is 0 Å². The van der Waals surface area contributed by atoms with Gasteiger partial charge in [0.05, 0.1) is 44.9 Å². The summed E-state index contributed by atoms with van der Waals surface area (Å²) in [4.78, 5) is 59.4. The molecule has 0 spiro atoms. The van der Waals surface area contributed by atoms with E-state index in [2.05, 4.69) is 23.1 Å². The molecule has 0 aliphatic heterocycles. The maximum Gasteiger partial charge on any atom is 0.196 e. The summed E-state index contributed by atoms with van der Waals surface area (Å²) < 4.78 is 0. The quantitative estimate of drug-likeness (QED) is 0.278. The lowest BCUT2D eigenvalue weighted by Crippen LogP contribution is -2.47. The molecule has 0 bridgehead atoms. The number of aromatic amines is 2. The van der Waals surface area contributed by atoms with Crippen molar-refractivity contribution < 1.29 is 9.59 Å². The number of ketones is 2. The van der Waals surface area contributed by atoms with Gasteiger partial charge in [-0.3, -0.25) is 19.2 Å². The summed E-state index contributed by atoms with van der Waals surface area (Å²) in [7, 11) is 0. The monoisotopic (exact) mass is 450 g/mol. The molecule has 4 aromatic rings. The van der Waals surface area contributed by atoms with E-state index in [-0.39, 0.29) is 33.4 Å². The van der Waals surface area contributed by atoms with E-state index >= 15 is 0 Å². The average Bonchev–Trinajstić information content (AvgIpc) is 2.85. The van der Waals surface area contributed by atoms with Crippen LogP contribution in [0.3, 0.4) is 0 Å². The summed E-state index contributed by atoms with van der Waals surface area (Å²) in [5.41, 5.74) is 2.17. The van der Waals surface area contributed by atoms with Crippen LogP contribution < -0.4 is 21.3 Å². The van der Waals surface area contributed by atoms with E-state index in [1.165, 1.54) is 12.2 Å². The molecule has 0 fully saturated rings. The minimum Gasteiger partial charge on any atom is -0.351 e. The topological polar surface area (TPSA) is 99.9 Å². The Hall–Kier alpha value is -4.32. The molecule has 0 saturated carbocycles. The van der Waals surface area contributed by atoms with E-state index in [1.807, 2.05) is 0 Å². The van der Waals surface area contributed by atoms with Gasteiger partial charge in [-0.2, -0.15) is 0 Å². The van der Waals surface area contributed by atoms with Crippen molar-refractivity contribution in [2.75, 3.05) is 0 Å². The molecule has 0 amide bonds. The van der Waals surface area contributed by atoms with Gasteiger partial charge in [-0.1, -0.05) is 24.3 Å². The number of hydrogen-bond acceptors (Lipinski definition) is 4. The van der Waals surface area contributed by atoms with Crippen molar-refractivity contribution in [1.82, 2.24) is 9.97 Å². The Morgan fingerprint density at radius 1 is 0.735 bits per heavy atom.